The van der Waals surface area contributed by atoms with Crippen LogP contribution >= 0.6 is 0 Å². The smallest absolute Gasteiger partial charge is 0.141 e. The van der Waals surface area contributed by atoms with Gasteiger partial charge in [-0.25, -0.2) is 9.37 Å². The minimum Gasteiger partial charge on any atom is -0.340 e. The van der Waals surface area contributed by atoms with Crippen LogP contribution in [0.15, 0.2) is 24.5 Å². The molecule has 0 spiro atoms. The zero-order chi connectivity index (χ0) is 10.7. The monoisotopic (exact) mass is 206 g/mol. The van der Waals surface area contributed by atoms with E-state index in [1.54, 1.807) is 12.3 Å². The third kappa shape index (κ3) is 2.19. The molecule has 0 radical (unpaired) electrons. The Kier molecular flexibility index (Phi) is 2.73. The molecule has 15 heavy (non-hydrogen) atoms. The van der Waals surface area contributed by atoms with Gasteiger partial charge in [-0.15, -0.1) is 0 Å². The predicted molar refractivity (Wildman–Crippen MR) is 54.5 cm³/mol. The predicted octanol–water partition coefficient (Wildman–Crippen LogP) is 1.33. The summed E-state index contributed by atoms with van der Waals surface area (Å²) < 4.78 is 12.6. The number of nitrogens with zero attached hydrogens (tertiary/aromatic N) is 2. The van der Waals surface area contributed by atoms with Crippen LogP contribution in [0.5, 0.6) is 0 Å². The molecule has 0 bridgehead atoms. The standard InChI is InChI=1S/C10H11FN4/c1-12-6-10-14-5-9(15-10)8-3-2-7(11)4-13-8/h2-5,12H,6H2,1H3,(H,14,15). The summed E-state index contributed by atoms with van der Waals surface area (Å²) >= 11 is 0. The molecular weight excluding hydrogens is 195 g/mol. The van der Waals surface area contributed by atoms with Gasteiger partial charge in [0, 0.05) is 0 Å². The van der Waals surface area contributed by atoms with Crippen molar-refractivity contribution in [1.82, 2.24) is 20.3 Å². The van der Waals surface area contributed by atoms with Gasteiger partial charge in [-0.05, 0) is 19.2 Å². The van der Waals surface area contributed by atoms with Crippen LogP contribution in [0.3, 0.4) is 0 Å². The second-order valence-corrected chi connectivity index (χ2v) is 3.14. The lowest BCUT2D eigenvalue weighted by molar-refractivity contribution is 0.622. The maximum atomic E-state index is 12.6. The summed E-state index contributed by atoms with van der Waals surface area (Å²) in [7, 11) is 1.85. The Hall–Kier alpha value is -1.75. The number of halogens is 1. The number of H-pyrrole nitrogens is 1. The fraction of sp³-hybridized carbons (Fsp3) is 0.200. The van der Waals surface area contributed by atoms with E-state index in [1.807, 2.05) is 7.05 Å². The highest BCUT2D eigenvalue weighted by Crippen LogP contribution is 2.13. The van der Waals surface area contributed by atoms with Crippen LogP contribution in [0.25, 0.3) is 11.4 Å². The van der Waals surface area contributed by atoms with Crippen molar-refractivity contribution in [2.45, 2.75) is 6.54 Å². The second kappa shape index (κ2) is 4.18. The molecule has 0 saturated heterocycles. The van der Waals surface area contributed by atoms with Crippen molar-refractivity contribution in [3.05, 3.63) is 36.2 Å². The van der Waals surface area contributed by atoms with Gasteiger partial charge in [0.25, 0.3) is 0 Å². The maximum Gasteiger partial charge on any atom is 0.141 e. The van der Waals surface area contributed by atoms with Gasteiger partial charge in [0.1, 0.15) is 11.6 Å². The van der Waals surface area contributed by atoms with E-state index in [-0.39, 0.29) is 5.82 Å². The van der Waals surface area contributed by atoms with Gasteiger partial charge in [-0.3, -0.25) is 4.98 Å². The molecule has 2 rings (SSSR count). The van der Waals surface area contributed by atoms with Crippen molar-refractivity contribution >= 4 is 0 Å². The quantitative estimate of drug-likeness (QED) is 0.796. The molecule has 0 aliphatic carbocycles. The summed E-state index contributed by atoms with van der Waals surface area (Å²) in [6.07, 6.45) is 2.88. The van der Waals surface area contributed by atoms with Crippen LogP contribution in [0.1, 0.15) is 5.82 Å². The number of pyridine rings is 1. The van der Waals surface area contributed by atoms with Gasteiger partial charge in [-0.2, -0.15) is 0 Å². The summed E-state index contributed by atoms with van der Waals surface area (Å²) in [4.78, 5) is 11.2. The second-order valence-electron chi connectivity index (χ2n) is 3.14. The third-order valence-corrected chi connectivity index (χ3v) is 1.98. The fourth-order valence-corrected chi connectivity index (χ4v) is 1.29. The van der Waals surface area contributed by atoms with E-state index >= 15 is 0 Å². The van der Waals surface area contributed by atoms with Gasteiger partial charge in [0.05, 0.1) is 30.3 Å². The summed E-state index contributed by atoms with van der Waals surface area (Å²) in [5, 5.41) is 2.98. The Morgan fingerprint density at radius 3 is 2.87 bits per heavy atom. The molecule has 0 amide bonds. The Balaban J connectivity index is 2.25. The molecule has 0 aliphatic heterocycles. The van der Waals surface area contributed by atoms with Crippen molar-refractivity contribution in [2.24, 2.45) is 0 Å². The molecule has 2 aromatic rings. The molecule has 0 atom stereocenters. The van der Waals surface area contributed by atoms with Crippen molar-refractivity contribution in [1.29, 1.82) is 0 Å². The number of nitrogens with one attached hydrogen (secondary N) is 2. The SMILES string of the molecule is CNCc1ncc(-c2ccc(F)cn2)[nH]1. The first-order valence-corrected chi connectivity index (χ1v) is 4.60. The number of imidazole rings is 1. The van der Waals surface area contributed by atoms with Crippen molar-refractivity contribution in [2.75, 3.05) is 7.05 Å². The van der Waals surface area contributed by atoms with Crippen molar-refractivity contribution < 1.29 is 4.39 Å². The molecule has 0 fully saturated rings. The number of hydrogen-bond acceptors (Lipinski definition) is 3. The molecule has 0 unspecified atom stereocenters. The van der Waals surface area contributed by atoms with Crippen LogP contribution in [-0.2, 0) is 6.54 Å². The van der Waals surface area contributed by atoms with E-state index < -0.39 is 0 Å². The molecule has 78 valence electrons. The highest BCUT2D eigenvalue weighted by molar-refractivity contribution is 5.52. The van der Waals surface area contributed by atoms with Gasteiger partial charge < -0.3 is 10.3 Å². The summed E-state index contributed by atoms with van der Waals surface area (Å²) in [6.45, 7) is 0.668. The first-order chi connectivity index (χ1) is 7.29. The molecule has 2 N–H and O–H groups in total. The van der Waals surface area contributed by atoms with Gasteiger partial charge in [0.2, 0.25) is 0 Å². The van der Waals surface area contributed by atoms with Crippen LogP contribution in [-0.4, -0.2) is 22.0 Å². The Morgan fingerprint density at radius 1 is 1.33 bits per heavy atom. The zero-order valence-electron chi connectivity index (χ0n) is 8.29. The molecule has 2 heterocycles. The summed E-state index contributed by atoms with van der Waals surface area (Å²) in [6, 6.07) is 2.99. The Bertz CT molecular complexity index is 435. The van der Waals surface area contributed by atoms with E-state index in [4.69, 9.17) is 0 Å². The van der Waals surface area contributed by atoms with Gasteiger partial charge >= 0.3 is 0 Å². The van der Waals surface area contributed by atoms with Crippen molar-refractivity contribution in [3.63, 3.8) is 0 Å². The normalized spacial score (nSPS) is 10.5. The molecule has 2 aromatic heterocycles. The van der Waals surface area contributed by atoms with E-state index in [1.165, 1.54) is 12.3 Å². The van der Waals surface area contributed by atoms with E-state index in [2.05, 4.69) is 20.3 Å². The molecule has 4 nitrogen and oxygen atoms in total. The average Bonchev–Trinajstić information content (AvgIpc) is 2.68. The number of hydrogen-bond donors (Lipinski definition) is 2. The molecule has 0 aliphatic rings. The van der Waals surface area contributed by atoms with Crippen molar-refractivity contribution in [3.8, 4) is 11.4 Å². The van der Waals surface area contributed by atoms with Crippen LogP contribution < -0.4 is 5.32 Å². The lowest BCUT2D eigenvalue weighted by Crippen LogP contribution is -2.06. The van der Waals surface area contributed by atoms with Crippen LogP contribution in [0.2, 0.25) is 0 Å². The largest absolute Gasteiger partial charge is 0.340 e. The number of aromatic nitrogens is 3. The molecule has 0 saturated carbocycles. The molecule has 5 heteroatoms. The maximum absolute atomic E-state index is 12.6. The number of rotatable bonds is 3. The van der Waals surface area contributed by atoms with Gasteiger partial charge in [0.15, 0.2) is 0 Å². The fourth-order valence-electron chi connectivity index (χ4n) is 1.29. The molecule has 0 aromatic carbocycles. The highest BCUT2D eigenvalue weighted by Gasteiger charge is 2.03. The Morgan fingerprint density at radius 2 is 2.20 bits per heavy atom. The summed E-state index contributed by atoms with van der Waals surface area (Å²) in [5.74, 6) is 0.493. The topological polar surface area (TPSA) is 53.6 Å². The first-order valence-electron chi connectivity index (χ1n) is 4.60. The molecular formula is C10H11FN4. The lowest BCUT2D eigenvalue weighted by Gasteiger charge is -1.96. The minimum atomic E-state index is -0.339. The number of aromatic amines is 1. The van der Waals surface area contributed by atoms with Crippen LogP contribution in [0, 0.1) is 5.82 Å². The average molecular weight is 206 g/mol. The highest BCUT2D eigenvalue weighted by atomic mass is 19.1. The van der Waals surface area contributed by atoms with E-state index in [9.17, 15) is 4.39 Å². The summed E-state index contributed by atoms with van der Waals surface area (Å²) in [5.41, 5.74) is 1.48. The van der Waals surface area contributed by atoms with E-state index in [0.29, 0.717) is 12.2 Å². The van der Waals surface area contributed by atoms with Gasteiger partial charge in [-0.1, -0.05) is 0 Å². The first kappa shape index (κ1) is 9.79. The minimum absolute atomic E-state index is 0.339. The van der Waals surface area contributed by atoms with Crippen LogP contribution in [0.4, 0.5) is 4.39 Å². The zero-order valence-corrected chi connectivity index (χ0v) is 8.29. The van der Waals surface area contributed by atoms with E-state index in [0.717, 1.165) is 11.5 Å². The Labute approximate surface area is 86.6 Å². The lowest BCUT2D eigenvalue weighted by atomic mass is 10.3. The third-order valence-electron chi connectivity index (χ3n) is 1.98.